The van der Waals surface area contributed by atoms with E-state index in [2.05, 4.69) is 4.98 Å². The summed E-state index contributed by atoms with van der Waals surface area (Å²) in [5, 5.41) is 0. The smallest absolute Gasteiger partial charge is 0.257 e. The molecule has 0 spiro atoms. The number of morpholine rings is 1. The van der Waals surface area contributed by atoms with Crippen LogP contribution < -0.4 is 4.74 Å². The van der Waals surface area contributed by atoms with Crippen molar-refractivity contribution in [3.8, 4) is 5.75 Å². The van der Waals surface area contributed by atoms with E-state index in [0.717, 1.165) is 12.8 Å². The first-order valence-corrected chi connectivity index (χ1v) is 10.5. The average molecular weight is 409 g/mol. The topological polar surface area (TPSA) is 72.0 Å². The predicted octanol–water partition coefficient (Wildman–Crippen LogP) is 2.49. The molecule has 0 bridgehead atoms. The number of rotatable bonds is 5. The Labute approximate surface area is 176 Å². The molecule has 0 aliphatic carbocycles. The summed E-state index contributed by atoms with van der Waals surface area (Å²) in [7, 11) is 0. The number of amides is 2. The Hall–Kier alpha value is -2.93. The number of likely N-dealkylation sites (tertiary alicyclic amines) is 1. The van der Waals surface area contributed by atoms with Crippen LogP contribution in [0, 0.1) is 5.92 Å². The zero-order valence-corrected chi connectivity index (χ0v) is 17.0. The molecule has 2 saturated heterocycles. The first kappa shape index (κ1) is 20.3. The molecule has 0 N–H and O–H groups in total. The zero-order valence-electron chi connectivity index (χ0n) is 17.0. The van der Waals surface area contributed by atoms with Crippen LogP contribution in [0.25, 0.3) is 0 Å². The van der Waals surface area contributed by atoms with Crippen molar-refractivity contribution in [2.75, 3.05) is 46.0 Å². The van der Waals surface area contributed by atoms with Crippen molar-refractivity contribution in [1.29, 1.82) is 0 Å². The van der Waals surface area contributed by atoms with Gasteiger partial charge in [0.05, 0.1) is 30.9 Å². The van der Waals surface area contributed by atoms with Crippen molar-refractivity contribution in [2.45, 2.75) is 12.8 Å². The third-order valence-corrected chi connectivity index (χ3v) is 5.70. The zero-order chi connectivity index (χ0) is 20.8. The summed E-state index contributed by atoms with van der Waals surface area (Å²) < 4.78 is 11.4. The summed E-state index contributed by atoms with van der Waals surface area (Å²) in [6.07, 6.45) is 5.04. The lowest BCUT2D eigenvalue weighted by Crippen LogP contribution is -2.41. The van der Waals surface area contributed by atoms with Gasteiger partial charge in [0.1, 0.15) is 5.75 Å². The Bertz CT molecular complexity index is 860. The number of piperidine rings is 1. The fourth-order valence-corrected chi connectivity index (χ4v) is 3.89. The molecule has 0 saturated carbocycles. The van der Waals surface area contributed by atoms with Gasteiger partial charge in [-0.3, -0.25) is 14.6 Å². The van der Waals surface area contributed by atoms with Crippen LogP contribution in [-0.4, -0.2) is 72.6 Å². The second-order valence-corrected chi connectivity index (χ2v) is 7.69. The highest BCUT2D eigenvalue weighted by atomic mass is 16.5. The molecule has 3 heterocycles. The van der Waals surface area contributed by atoms with E-state index in [4.69, 9.17) is 9.47 Å². The highest BCUT2D eigenvalue weighted by Crippen LogP contribution is 2.24. The first-order valence-electron chi connectivity index (χ1n) is 10.5. The molecule has 0 unspecified atom stereocenters. The van der Waals surface area contributed by atoms with E-state index in [0.29, 0.717) is 68.8 Å². The molecule has 2 aliphatic rings. The van der Waals surface area contributed by atoms with Crippen molar-refractivity contribution in [3.63, 3.8) is 0 Å². The van der Waals surface area contributed by atoms with Crippen LogP contribution in [0.1, 0.15) is 33.6 Å². The van der Waals surface area contributed by atoms with E-state index >= 15 is 0 Å². The molecule has 2 amide bonds. The van der Waals surface area contributed by atoms with Crippen molar-refractivity contribution < 1.29 is 19.1 Å². The first-order chi connectivity index (χ1) is 14.7. The molecule has 0 radical (unpaired) electrons. The average Bonchev–Trinajstić information content (AvgIpc) is 2.83. The van der Waals surface area contributed by atoms with Crippen LogP contribution in [0.4, 0.5) is 0 Å². The van der Waals surface area contributed by atoms with E-state index < -0.39 is 0 Å². The Morgan fingerprint density at radius 2 is 1.70 bits per heavy atom. The quantitative estimate of drug-likeness (QED) is 0.759. The van der Waals surface area contributed by atoms with Gasteiger partial charge in [-0.25, -0.2) is 0 Å². The van der Waals surface area contributed by atoms with Gasteiger partial charge < -0.3 is 19.3 Å². The van der Waals surface area contributed by atoms with Crippen LogP contribution >= 0.6 is 0 Å². The molecule has 30 heavy (non-hydrogen) atoms. The fourth-order valence-electron chi connectivity index (χ4n) is 3.89. The van der Waals surface area contributed by atoms with Gasteiger partial charge in [-0.2, -0.15) is 0 Å². The number of hydrogen-bond donors (Lipinski definition) is 0. The molecule has 2 fully saturated rings. The third kappa shape index (κ3) is 4.79. The van der Waals surface area contributed by atoms with Gasteiger partial charge >= 0.3 is 0 Å². The van der Waals surface area contributed by atoms with E-state index in [1.165, 1.54) is 0 Å². The minimum atomic E-state index is -0.00853. The highest BCUT2D eigenvalue weighted by Gasteiger charge is 2.25. The maximum absolute atomic E-state index is 12.9. The summed E-state index contributed by atoms with van der Waals surface area (Å²) in [5.74, 6) is 1.01. The second-order valence-electron chi connectivity index (χ2n) is 7.69. The number of aromatic nitrogens is 1. The molecule has 7 heteroatoms. The number of benzene rings is 1. The van der Waals surface area contributed by atoms with E-state index in [1.807, 2.05) is 34.1 Å². The van der Waals surface area contributed by atoms with Gasteiger partial charge in [0.2, 0.25) is 0 Å². The summed E-state index contributed by atoms with van der Waals surface area (Å²) in [5.41, 5.74) is 1.23. The Kier molecular flexibility index (Phi) is 6.59. The van der Waals surface area contributed by atoms with Gasteiger partial charge in [0, 0.05) is 38.6 Å². The van der Waals surface area contributed by atoms with Crippen LogP contribution in [0.5, 0.6) is 5.75 Å². The number of pyridine rings is 1. The number of para-hydroxylation sites is 1. The molecular formula is C23H27N3O4. The molecule has 158 valence electrons. The summed E-state index contributed by atoms with van der Waals surface area (Å²) in [4.78, 5) is 33.1. The maximum atomic E-state index is 12.9. The van der Waals surface area contributed by atoms with Crippen LogP contribution in [0.15, 0.2) is 48.8 Å². The molecule has 2 aromatic rings. The van der Waals surface area contributed by atoms with Crippen LogP contribution in [0.3, 0.4) is 0 Å². The molecule has 4 rings (SSSR count). The molecule has 1 aromatic carbocycles. The minimum Gasteiger partial charge on any atom is -0.492 e. The van der Waals surface area contributed by atoms with Crippen molar-refractivity contribution in [3.05, 3.63) is 59.9 Å². The summed E-state index contributed by atoms with van der Waals surface area (Å²) in [6, 6.07) is 11.0. The predicted molar refractivity (Wildman–Crippen MR) is 112 cm³/mol. The molecule has 2 aliphatic heterocycles. The molecular weight excluding hydrogens is 382 g/mol. The highest BCUT2D eigenvalue weighted by molar-refractivity contribution is 5.97. The van der Waals surface area contributed by atoms with Crippen LogP contribution in [0.2, 0.25) is 0 Å². The van der Waals surface area contributed by atoms with Crippen LogP contribution in [-0.2, 0) is 4.74 Å². The largest absolute Gasteiger partial charge is 0.492 e. The Morgan fingerprint density at radius 3 is 2.43 bits per heavy atom. The SMILES string of the molecule is O=C(c1cccnc1)N1CCC(COc2ccccc2C(=O)N2CCOCC2)CC1. The second kappa shape index (κ2) is 9.71. The van der Waals surface area contributed by atoms with Gasteiger partial charge in [0.15, 0.2) is 0 Å². The van der Waals surface area contributed by atoms with E-state index in [1.54, 1.807) is 24.5 Å². The van der Waals surface area contributed by atoms with Crippen molar-refractivity contribution >= 4 is 11.8 Å². The lowest BCUT2D eigenvalue weighted by Gasteiger charge is -2.32. The van der Waals surface area contributed by atoms with E-state index in [9.17, 15) is 9.59 Å². The number of nitrogens with zero attached hydrogens (tertiary/aromatic N) is 3. The third-order valence-electron chi connectivity index (χ3n) is 5.70. The normalized spacial score (nSPS) is 17.6. The van der Waals surface area contributed by atoms with Gasteiger partial charge in [-0.1, -0.05) is 12.1 Å². The molecule has 7 nitrogen and oxygen atoms in total. The lowest BCUT2D eigenvalue weighted by molar-refractivity contribution is 0.0299. The fraction of sp³-hybridized carbons (Fsp3) is 0.435. The Morgan fingerprint density at radius 1 is 0.967 bits per heavy atom. The Balaban J connectivity index is 1.31. The van der Waals surface area contributed by atoms with Gasteiger partial charge in [-0.15, -0.1) is 0 Å². The monoisotopic (exact) mass is 409 g/mol. The van der Waals surface area contributed by atoms with Gasteiger partial charge in [0.25, 0.3) is 11.8 Å². The summed E-state index contributed by atoms with van der Waals surface area (Å²) in [6.45, 7) is 4.32. The van der Waals surface area contributed by atoms with E-state index in [-0.39, 0.29) is 11.8 Å². The molecule has 0 atom stereocenters. The number of hydrogen-bond acceptors (Lipinski definition) is 5. The standard InChI is InChI=1S/C23H27N3O4/c27-22(19-4-3-9-24-16-19)25-10-7-18(8-11-25)17-30-21-6-2-1-5-20(21)23(28)26-12-14-29-15-13-26/h1-6,9,16,18H,7-8,10-15,17H2. The minimum absolute atomic E-state index is 0.00853. The van der Waals surface area contributed by atoms with Crippen molar-refractivity contribution in [1.82, 2.24) is 14.8 Å². The summed E-state index contributed by atoms with van der Waals surface area (Å²) >= 11 is 0. The number of ether oxygens (including phenoxy) is 2. The number of carbonyl (C=O) groups is 2. The molecule has 1 aromatic heterocycles. The van der Waals surface area contributed by atoms with Gasteiger partial charge in [-0.05, 0) is 43.0 Å². The number of carbonyl (C=O) groups excluding carboxylic acids is 2. The lowest BCUT2D eigenvalue weighted by atomic mass is 9.97. The van der Waals surface area contributed by atoms with Crippen molar-refractivity contribution in [2.24, 2.45) is 5.92 Å². The maximum Gasteiger partial charge on any atom is 0.257 e.